The largest absolute Gasteiger partial charge is 0.457 e. The lowest BCUT2D eigenvalue weighted by Crippen LogP contribution is -2.13. The van der Waals surface area contributed by atoms with Gasteiger partial charge in [0.1, 0.15) is 11.5 Å². The summed E-state index contributed by atoms with van der Waals surface area (Å²) in [5.41, 5.74) is 1.29. The molecule has 0 bridgehead atoms. The lowest BCUT2D eigenvalue weighted by molar-refractivity contribution is 0.483. The van der Waals surface area contributed by atoms with Crippen LogP contribution in [0.3, 0.4) is 0 Å². The van der Waals surface area contributed by atoms with E-state index in [-0.39, 0.29) is 9.79 Å². The standard InChI is InChI=1S/C20H20N2O5S2/c1-21-15-6-10-17(11-7-15)27-18-12-8-16(9-13-18)22-29(25,26)20-5-3-4-19(14-20)28(2,23)24/h3-14,21-22H,1-2H3. The summed E-state index contributed by atoms with van der Waals surface area (Å²) in [6.07, 6.45) is 1.02. The van der Waals surface area contributed by atoms with Crippen LogP contribution >= 0.6 is 0 Å². The van der Waals surface area contributed by atoms with Crippen molar-refractivity contribution in [3.8, 4) is 11.5 Å². The Kier molecular flexibility index (Phi) is 5.81. The van der Waals surface area contributed by atoms with E-state index in [1.165, 1.54) is 18.2 Å². The van der Waals surface area contributed by atoms with Gasteiger partial charge in [0.25, 0.3) is 10.0 Å². The molecule has 29 heavy (non-hydrogen) atoms. The van der Waals surface area contributed by atoms with Gasteiger partial charge in [0.15, 0.2) is 9.84 Å². The van der Waals surface area contributed by atoms with Crippen molar-refractivity contribution in [2.24, 2.45) is 0 Å². The maximum Gasteiger partial charge on any atom is 0.261 e. The zero-order valence-electron chi connectivity index (χ0n) is 15.8. The molecule has 3 rings (SSSR count). The van der Waals surface area contributed by atoms with Crippen molar-refractivity contribution in [3.05, 3.63) is 72.8 Å². The van der Waals surface area contributed by atoms with Gasteiger partial charge in [0.2, 0.25) is 0 Å². The Balaban J connectivity index is 1.74. The highest BCUT2D eigenvalue weighted by Crippen LogP contribution is 2.25. The minimum absolute atomic E-state index is 0.0617. The van der Waals surface area contributed by atoms with Gasteiger partial charge in [-0.05, 0) is 66.7 Å². The van der Waals surface area contributed by atoms with Crippen molar-refractivity contribution in [2.75, 3.05) is 23.3 Å². The second kappa shape index (κ2) is 8.14. The van der Waals surface area contributed by atoms with Gasteiger partial charge in [0, 0.05) is 24.7 Å². The first-order valence-corrected chi connectivity index (χ1v) is 11.9. The van der Waals surface area contributed by atoms with E-state index >= 15 is 0 Å². The Morgan fingerprint density at radius 2 is 1.24 bits per heavy atom. The topological polar surface area (TPSA) is 102 Å². The first-order valence-electron chi connectivity index (χ1n) is 8.56. The molecular weight excluding hydrogens is 412 g/mol. The molecule has 152 valence electrons. The van der Waals surface area contributed by atoms with Crippen LogP contribution in [0.1, 0.15) is 0 Å². The molecular formula is C20H20N2O5S2. The van der Waals surface area contributed by atoms with Crippen LogP contribution in [0.5, 0.6) is 11.5 Å². The Morgan fingerprint density at radius 1 is 0.724 bits per heavy atom. The molecule has 0 amide bonds. The Labute approximate surface area is 170 Å². The van der Waals surface area contributed by atoms with Gasteiger partial charge in [-0.2, -0.15) is 0 Å². The molecule has 0 atom stereocenters. The molecule has 0 aliphatic rings. The van der Waals surface area contributed by atoms with Crippen molar-refractivity contribution in [1.29, 1.82) is 0 Å². The number of nitrogens with one attached hydrogen (secondary N) is 2. The molecule has 0 saturated carbocycles. The molecule has 0 aromatic heterocycles. The van der Waals surface area contributed by atoms with Gasteiger partial charge in [-0.1, -0.05) is 6.07 Å². The molecule has 0 unspecified atom stereocenters. The molecule has 0 aliphatic heterocycles. The first kappa shape index (κ1) is 20.7. The fourth-order valence-corrected chi connectivity index (χ4v) is 4.35. The molecule has 0 radical (unpaired) electrons. The smallest absolute Gasteiger partial charge is 0.261 e. The average Bonchev–Trinajstić information content (AvgIpc) is 2.69. The van der Waals surface area contributed by atoms with Gasteiger partial charge in [-0.3, -0.25) is 4.72 Å². The third-order valence-electron chi connectivity index (χ3n) is 4.03. The Morgan fingerprint density at radius 3 is 1.76 bits per heavy atom. The van der Waals surface area contributed by atoms with Gasteiger partial charge in [-0.25, -0.2) is 16.8 Å². The highest BCUT2D eigenvalue weighted by atomic mass is 32.2. The lowest BCUT2D eigenvalue weighted by atomic mass is 10.3. The molecule has 3 aromatic rings. The number of hydrogen-bond acceptors (Lipinski definition) is 6. The molecule has 9 heteroatoms. The van der Waals surface area contributed by atoms with E-state index in [1.54, 1.807) is 24.3 Å². The zero-order chi connectivity index (χ0) is 21.1. The van der Waals surface area contributed by atoms with E-state index in [2.05, 4.69) is 10.0 Å². The molecule has 0 aliphatic carbocycles. The van der Waals surface area contributed by atoms with Crippen molar-refractivity contribution in [1.82, 2.24) is 0 Å². The number of ether oxygens (including phenoxy) is 1. The first-order chi connectivity index (χ1) is 13.7. The third-order valence-corrected chi connectivity index (χ3v) is 6.52. The summed E-state index contributed by atoms with van der Waals surface area (Å²) in [5.74, 6) is 1.19. The predicted octanol–water partition coefficient (Wildman–Crippen LogP) is 3.72. The van der Waals surface area contributed by atoms with Crippen molar-refractivity contribution < 1.29 is 21.6 Å². The van der Waals surface area contributed by atoms with Crippen LogP contribution in [-0.4, -0.2) is 30.1 Å². The van der Waals surface area contributed by atoms with Crippen molar-refractivity contribution >= 4 is 31.2 Å². The molecule has 0 fully saturated rings. The quantitative estimate of drug-likeness (QED) is 0.590. The minimum atomic E-state index is -3.94. The number of benzene rings is 3. The van der Waals surface area contributed by atoms with Crippen LogP contribution in [0.2, 0.25) is 0 Å². The molecule has 0 spiro atoms. The Hall–Kier alpha value is -3.04. The molecule has 2 N–H and O–H groups in total. The SMILES string of the molecule is CNc1ccc(Oc2ccc(NS(=O)(=O)c3cccc(S(C)(=O)=O)c3)cc2)cc1. The van der Waals surface area contributed by atoms with E-state index < -0.39 is 19.9 Å². The Bertz CT molecular complexity index is 1200. The fourth-order valence-electron chi connectivity index (χ4n) is 2.50. The van der Waals surface area contributed by atoms with Crippen LogP contribution in [0.4, 0.5) is 11.4 Å². The summed E-state index contributed by atoms with van der Waals surface area (Å²) in [5, 5.41) is 3.02. The van der Waals surface area contributed by atoms with Crippen molar-refractivity contribution in [3.63, 3.8) is 0 Å². The van der Waals surface area contributed by atoms with Crippen LogP contribution in [0, 0.1) is 0 Å². The molecule has 7 nitrogen and oxygen atoms in total. The summed E-state index contributed by atoms with van der Waals surface area (Å²) < 4.78 is 56.6. The fraction of sp³-hybridized carbons (Fsp3) is 0.100. The summed E-state index contributed by atoms with van der Waals surface area (Å²) >= 11 is 0. The van der Waals surface area contributed by atoms with Crippen LogP contribution in [0.25, 0.3) is 0 Å². The number of rotatable bonds is 7. The van der Waals surface area contributed by atoms with Gasteiger partial charge < -0.3 is 10.1 Å². The highest BCUT2D eigenvalue weighted by molar-refractivity contribution is 7.93. The monoisotopic (exact) mass is 432 g/mol. The predicted molar refractivity (Wildman–Crippen MR) is 113 cm³/mol. The maximum atomic E-state index is 12.6. The second-order valence-corrected chi connectivity index (χ2v) is 9.95. The third kappa shape index (κ3) is 5.27. The molecule has 0 heterocycles. The summed E-state index contributed by atoms with van der Waals surface area (Å²) in [7, 11) is -5.62. The molecule has 0 saturated heterocycles. The number of hydrogen-bond donors (Lipinski definition) is 2. The number of sulfone groups is 1. The average molecular weight is 433 g/mol. The maximum absolute atomic E-state index is 12.6. The van der Waals surface area contributed by atoms with Crippen LogP contribution in [-0.2, 0) is 19.9 Å². The normalized spacial score (nSPS) is 11.7. The van der Waals surface area contributed by atoms with E-state index in [9.17, 15) is 16.8 Å². The zero-order valence-corrected chi connectivity index (χ0v) is 17.4. The van der Waals surface area contributed by atoms with Crippen LogP contribution in [0.15, 0.2) is 82.6 Å². The van der Waals surface area contributed by atoms with E-state index in [0.717, 1.165) is 18.0 Å². The second-order valence-electron chi connectivity index (χ2n) is 6.25. The van der Waals surface area contributed by atoms with E-state index in [1.807, 2.05) is 31.3 Å². The summed E-state index contributed by atoms with van der Waals surface area (Å²) in [6, 6.07) is 19.0. The van der Waals surface area contributed by atoms with E-state index in [4.69, 9.17) is 4.74 Å². The minimum Gasteiger partial charge on any atom is -0.457 e. The number of anilines is 2. The van der Waals surface area contributed by atoms with Gasteiger partial charge in [0.05, 0.1) is 9.79 Å². The summed E-state index contributed by atoms with van der Waals surface area (Å²) in [6.45, 7) is 0. The highest BCUT2D eigenvalue weighted by Gasteiger charge is 2.17. The van der Waals surface area contributed by atoms with E-state index in [0.29, 0.717) is 17.2 Å². The van der Waals surface area contributed by atoms with Gasteiger partial charge in [-0.15, -0.1) is 0 Å². The van der Waals surface area contributed by atoms with Crippen molar-refractivity contribution in [2.45, 2.75) is 9.79 Å². The number of sulfonamides is 1. The lowest BCUT2D eigenvalue weighted by Gasteiger charge is -2.11. The van der Waals surface area contributed by atoms with Crippen LogP contribution < -0.4 is 14.8 Å². The summed E-state index contributed by atoms with van der Waals surface area (Å²) in [4.78, 5) is -0.196. The van der Waals surface area contributed by atoms with Gasteiger partial charge >= 0.3 is 0 Å². The molecule has 3 aromatic carbocycles.